The highest BCUT2D eigenvalue weighted by atomic mass is 32.2. The van der Waals surface area contributed by atoms with E-state index in [-0.39, 0.29) is 16.5 Å². The van der Waals surface area contributed by atoms with Gasteiger partial charge in [0.1, 0.15) is 11.0 Å². The fraction of sp³-hybridized carbons (Fsp3) is 0.200. The van der Waals surface area contributed by atoms with Gasteiger partial charge in [0.15, 0.2) is 5.16 Å². The Balaban J connectivity index is 2.00. The van der Waals surface area contributed by atoms with Crippen molar-refractivity contribution in [2.24, 2.45) is 0 Å². The summed E-state index contributed by atoms with van der Waals surface area (Å²) in [5.41, 5.74) is 2.23. The third-order valence-electron chi connectivity index (χ3n) is 4.69. The molecule has 1 atom stereocenters. The summed E-state index contributed by atoms with van der Waals surface area (Å²) in [7, 11) is 0. The molecule has 142 valence electrons. The van der Waals surface area contributed by atoms with Gasteiger partial charge in [-0.1, -0.05) is 43.8 Å². The number of nitro groups is 1. The molecule has 7 nitrogen and oxygen atoms in total. The zero-order valence-corrected chi connectivity index (χ0v) is 16.2. The quantitative estimate of drug-likeness (QED) is 0.230. The van der Waals surface area contributed by atoms with Gasteiger partial charge in [0.05, 0.1) is 10.6 Å². The molecule has 0 aliphatic rings. The van der Waals surface area contributed by atoms with Crippen molar-refractivity contribution in [3.63, 3.8) is 0 Å². The van der Waals surface area contributed by atoms with Gasteiger partial charge in [-0.2, -0.15) is 0 Å². The van der Waals surface area contributed by atoms with Crippen LogP contribution in [0.4, 0.5) is 5.69 Å². The number of nitro benzene ring substituents is 1. The van der Waals surface area contributed by atoms with Gasteiger partial charge in [0.25, 0.3) is 11.2 Å². The lowest BCUT2D eigenvalue weighted by Crippen LogP contribution is -2.22. The van der Waals surface area contributed by atoms with E-state index in [4.69, 9.17) is 4.98 Å². The summed E-state index contributed by atoms with van der Waals surface area (Å²) in [6.45, 7) is 4.16. The second kappa shape index (κ2) is 7.12. The van der Waals surface area contributed by atoms with Gasteiger partial charge in [-0.3, -0.25) is 19.5 Å². The summed E-state index contributed by atoms with van der Waals surface area (Å²) < 4.78 is 1.53. The molecular weight excluding hydrogens is 376 g/mol. The highest BCUT2D eigenvalue weighted by Gasteiger charge is 2.19. The Kier molecular flexibility index (Phi) is 4.64. The monoisotopic (exact) mass is 394 g/mol. The van der Waals surface area contributed by atoms with Gasteiger partial charge in [-0.25, -0.2) is 4.98 Å². The standard InChI is InChI=1S/C20H18N4O3S/c1-3-12(2)28-20-22-17-15-6-4-5-7-16(15)21-18(17)19(25)23(20)13-8-10-14(11-9-13)24(26)27/h4-12,21H,3H2,1-2H3/t12-/m0/s1. The van der Waals surface area contributed by atoms with Crippen LogP contribution in [0.25, 0.3) is 27.6 Å². The number of nitrogens with zero attached hydrogens (tertiary/aromatic N) is 3. The molecule has 0 amide bonds. The molecule has 0 spiro atoms. The van der Waals surface area contributed by atoms with Crippen molar-refractivity contribution in [3.8, 4) is 5.69 Å². The molecule has 2 aromatic carbocycles. The Morgan fingerprint density at radius 1 is 1.21 bits per heavy atom. The number of non-ortho nitro benzene ring substituents is 1. The normalized spacial score (nSPS) is 12.5. The molecule has 0 saturated carbocycles. The minimum absolute atomic E-state index is 0.0208. The van der Waals surface area contributed by atoms with E-state index in [0.717, 1.165) is 17.3 Å². The molecular formula is C20H18N4O3S. The number of thioether (sulfide) groups is 1. The lowest BCUT2D eigenvalue weighted by atomic mass is 10.2. The highest BCUT2D eigenvalue weighted by Crippen LogP contribution is 2.29. The summed E-state index contributed by atoms with van der Waals surface area (Å²) in [4.78, 5) is 31.8. The molecule has 4 aromatic rings. The lowest BCUT2D eigenvalue weighted by molar-refractivity contribution is -0.384. The average Bonchev–Trinajstić information content (AvgIpc) is 3.07. The number of rotatable bonds is 5. The van der Waals surface area contributed by atoms with E-state index in [1.54, 1.807) is 12.1 Å². The number of fused-ring (bicyclic) bond motifs is 3. The third kappa shape index (κ3) is 3.05. The molecule has 0 fully saturated rings. The highest BCUT2D eigenvalue weighted by molar-refractivity contribution is 7.99. The second-order valence-electron chi connectivity index (χ2n) is 6.54. The fourth-order valence-electron chi connectivity index (χ4n) is 3.04. The summed E-state index contributed by atoms with van der Waals surface area (Å²) in [5.74, 6) is 0. The smallest absolute Gasteiger partial charge is 0.283 e. The fourth-order valence-corrected chi connectivity index (χ4v) is 4.00. The number of para-hydroxylation sites is 1. The Bertz CT molecular complexity index is 1240. The van der Waals surface area contributed by atoms with E-state index in [9.17, 15) is 14.9 Å². The largest absolute Gasteiger partial charge is 0.349 e. The maximum Gasteiger partial charge on any atom is 0.283 e. The van der Waals surface area contributed by atoms with Gasteiger partial charge >= 0.3 is 0 Å². The minimum atomic E-state index is -0.458. The van der Waals surface area contributed by atoms with Gasteiger partial charge < -0.3 is 4.98 Å². The molecule has 0 aliphatic carbocycles. The lowest BCUT2D eigenvalue weighted by Gasteiger charge is -2.14. The Morgan fingerprint density at radius 3 is 2.61 bits per heavy atom. The molecule has 0 unspecified atom stereocenters. The predicted molar refractivity (Wildman–Crippen MR) is 111 cm³/mol. The molecule has 2 heterocycles. The van der Waals surface area contributed by atoms with E-state index < -0.39 is 4.92 Å². The SMILES string of the molecule is CC[C@H](C)Sc1nc2c([nH]c3ccccc32)c(=O)n1-c1ccc([N+](=O)[O-])cc1. The number of hydrogen-bond acceptors (Lipinski definition) is 5. The number of hydrogen-bond donors (Lipinski definition) is 1. The van der Waals surface area contributed by atoms with Crippen LogP contribution in [0.3, 0.4) is 0 Å². The predicted octanol–water partition coefficient (Wildman–Crippen LogP) is 4.67. The zero-order valence-electron chi connectivity index (χ0n) is 15.4. The first-order chi connectivity index (χ1) is 13.5. The number of aromatic nitrogens is 3. The van der Waals surface area contributed by atoms with E-state index in [0.29, 0.717) is 21.9 Å². The van der Waals surface area contributed by atoms with Gasteiger partial charge in [-0.05, 0) is 24.6 Å². The molecule has 0 aliphatic heterocycles. The molecule has 0 bridgehead atoms. The van der Waals surface area contributed by atoms with Crippen LogP contribution in [0.15, 0.2) is 58.5 Å². The van der Waals surface area contributed by atoms with Gasteiger partial charge in [-0.15, -0.1) is 0 Å². The summed E-state index contributed by atoms with van der Waals surface area (Å²) in [5, 5.41) is 12.7. The topological polar surface area (TPSA) is 93.8 Å². The van der Waals surface area contributed by atoms with E-state index in [1.165, 1.54) is 28.5 Å². The average molecular weight is 394 g/mol. The van der Waals surface area contributed by atoms with Crippen LogP contribution in [-0.2, 0) is 0 Å². The summed E-state index contributed by atoms with van der Waals surface area (Å²) >= 11 is 1.52. The number of aromatic amines is 1. The van der Waals surface area contributed by atoms with E-state index in [1.807, 2.05) is 24.3 Å². The Labute approximate surface area is 164 Å². The first-order valence-corrected chi connectivity index (χ1v) is 9.82. The molecule has 0 saturated heterocycles. The third-order valence-corrected chi connectivity index (χ3v) is 5.91. The molecule has 1 N–H and O–H groups in total. The van der Waals surface area contributed by atoms with Crippen molar-refractivity contribution in [1.29, 1.82) is 0 Å². The van der Waals surface area contributed by atoms with Crippen LogP contribution in [0, 0.1) is 10.1 Å². The first-order valence-electron chi connectivity index (χ1n) is 8.94. The van der Waals surface area contributed by atoms with Gasteiger partial charge in [0, 0.05) is 28.3 Å². The van der Waals surface area contributed by atoms with Crippen molar-refractivity contribution < 1.29 is 4.92 Å². The zero-order chi connectivity index (χ0) is 19.8. The summed E-state index contributed by atoms with van der Waals surface area (Å²) in [6.07, 6.45) is 0.923. The van der Waals surface area contributed by atoms with Crippen LogP contribution < -0.4 is 5.56 Å². The number of benzene rings is 2. The van der Waals surface area contributed by atoms with Crippen LogP contribution in [-0.4, -0.2) is 24.7 Å². The van der Waals surface area contributed by atoms with Crippen molar-refractivity contribution in [2.45, 2.75) is 30.7 Å². The van der Waals surface area contributed by atoms with E-state index in [2.05, 4.69) is 18.8 Å². The Hall–Kier alpha value is -3.13. The van der Waals surface area contributed by atoms with Crippen molar-refractivity contribution in [3.05, 3.63) is 69.0 Å². The van der Waals surface area contributed by atoms with Crippen LogP contribution in [0.5, 0.6) is 0 Å². The molecule has 28 heavy (non-hydrogen) atoms. The van der Waals surface area contributed by atoms with Crippen molar-refractivity contribution in [1.82, 2.24) is 14.5 Å². The number of nitrogens with one attached hydrogen (secondary N) is 1. The second-order valence-corrected chi connectivity index (χ2v) is 7.94. The van der Waals surface area contributed by atoms with Crippen molar-refractivity contribution in [2.75, 3.05) is 0 Å². The molecule has 2 aromatic heterocycles. The molecule has 4 rings (SSSR count). The minimum Gasteiger partial charge on any atom is -0.349 e. The molecule has 0 radical (unpaired) electrons. The molecule has 8 heteroatoms. The maximum atomic E-state index is 13.4. The number of H-pyrrole nitrogens is 1. The van der Waals surface area contributed by atoms with E-state index >= 15 is 0 Å². The van der Waals surface area contributed by atoms with Crippen molar-refractivity contribution >= 4 is 39.4 Å². The van der Waals surface area contributed by atoms with Gasteiger partial charge in [0.2, 0.25) is 0 Å². The van der Waals surface area contributed by atoms with Crippen LogP contribution in [0.2, 0.25) is 0 Å². The maximum absolute atomic E-state index is 13.4. The Morgan fingerprint density at radius 2 is 1.93 bits per heavy atom. The summed E-state index contributed by atoms with van der Waals surface area (Å²) in [6, 6.07) is 13.6. The first kappa shape index (κ1) is 18.2. The van der Waals surface area contributed by atoms with Crippen LogP contribution >= 0.6 is 11.8 Å². The van der Waals surface area contributed by atoms with Crippen LogP contribution in [0.1, 0.15) is 20.3 Å².